The summed E-state index contributed by atoms with van der Waals surface area (Å²) in [5.74, 6) is 0.0275. The summed E-state index contributed by atoms with van der Waals surface area (Å²) in [6.07, 6.45) is -4.56. The van der Waals surface area contributed by atoms with Crippen LogP contribution in [-0.2, 0) is 16.5 Å². The van der Waals surface area contributed by atoms with Crippen molar-refractivity contribution >= 4 is 23.2 Å². The van der Waals surface area contributed by atoms with Gasteiger partial charge >= 0.3 is 6.18 Å². The van der Waals surface area contributed by atoms with Crippen LogP contribution in [0.2, 0.25) is 0 Å². The lowest BCUT2D eigenvalue weighted by Crippen LogP contribution is -2.29. The van der Waals surface area contributed by atoms with Gasteiger partial charge in [0.2, 0.25) is 11.5 Å². The van der Waals surface area contributed by atoms with Gasteiger partial charge in [0.25, 0.3) is 0 Å². The Labute approximate surface area is 148 Å². The summed E-state index contributed by atoms with van der Waals surface area (Å²) in [6, 6.07) is 6.41. The summed E-state index contributed by atoms with van der Waals surface area (Å²) in [7, 11) is 0. The number of para-hydroxylation sites is 1. The van der Waals surface area contributed by atoms with E-state index in [4.69, 9.17) is 16.3 Å². The summed E-state index contributed by atoms with van der Waals surface area (Å²) in [5, 5.41) is 3.72. The number of fused-ring (bicyclic) bond motifs is 1. The first kappa shape index (κ1) is 17.8. The zero-order chi connectivity index (χ0) is 18.6. The van der Waals surface area contributed by atoms with Crippen molar-refractivity contribution in [2.24, 2.45) is 4.99 Å². The van der Waals surface area contributed by atoms with Crippen molar-refractivity contribution in [2.45, 2.75) is 45.0 Å². The van der Waals surface area contributed by atoms with Gasteiger partial charge in [0.15, 0.2) is 5.69 Å². The second kappa shape index (κ2) is 5.76. The molecule has 0 fully saturated rings. The Kier molecular flexibility index (Phi) is 4.10. The van der Waals surface area contributed by atoms with Crippen molar-refractivity contribution in [1.82, 2.24) is 9.78 Å². The summed E-state index contributed by atoms with van der Waals surface area (Å²) >= 11 is 6.27. The Hall–Kier alpha value is -2.02. The zero-order valence-electron chi connectivity index (χ0n) is 14.1. The number of aryl methyl sites for hydroxylation is 1. The molecule has 1 atom stereocenters. The van der Waals surface area contributed by atoms with E-state index in [2.05, 4.69) is 10.1 Å². The summed E-state index contributed by atoms with van der Waals surface area (Å²) < 4.78 is 46.3. The molecular weight excluding hydrogens is 355 g/mol. The number of benzene rings is 1. The van der Waals surface area contributed by atoms with Crippen LogP contribution in [0, 0.1) is 6.92 Å². The molecule has 0 bridgehead atoms. The molecule has 2 heterocycles. The first-order valence-electron chi connectivity index (χ1n) is 7.65. The lowest BCUT2D eigenvalue weighted by atomic mass is 10.1. The van der Waals surface area contributed by atoms with E-state index in [1.54, 1.807) is 26.8 Å². The number of halogens is 4. The van der Waals surface area contributed by atoms with Crippen molar-refractivity contribution < 1.29 is 17.9 Å². The lowest BCUT2D eigenvalue weighted by molar-refractivity contribution is -0.141. The third kappa shape index (κ3) is 3.25. The van der Waals surface area contributed by atoms with Crippen molar-refractivity contribution in [3.63, 3.8) is 0 Å². The maximum atomic E-state index is 13.1. The lowest BCUT2D eigenvalue weighted by Gasteiger charge is -2.26. The Balaban J connectivity index is 2.20. The molecule has 4 nitrogen and oxygen atoms in total. The van der Waals surface area contributed by atoms with Gasteiger partial charge in [-0.3, -0.25) is 4.68 Å². The highest BCUT2D eigenvalue weighted by Gasteiger charge is 2.38. The highest BCUT2D eigenvalue weighted by Crippen LogP contribution is 2.39. The van der Waals surface area contributed by atoms with Gasteiger partial charge in [0.1, 0.15) is 5.69 Å². The minimum Gasteiger partial charge on any atom is -0.452 e. The molecule has 0 N–H and O–H groups in total. The van der Waals surface area contributed by atoms with Crippen LogP contribution >= 0.6 is 11.6 Å². The summed E-state index contributed by atoms with van der Waals surface area (Å²) in [5.41, 5.74) is -0.229. The molecule has 25 heavy (non-hydrogen) atoms. The minimum absolute atomic E-state index is 0.0275. The molecule has 0 radical (unpaired) electrons. The molecule has 0 saturated carbocycles. The quantitative estimate of drug-likeness (QED) is 0.637. The molecule has 0 spiro atoms. The van der Waals surface area contributed by atoms with Crippen LogP contribution in [0.4, 0.5) is 18.9 Å². The van der Waals surface area contributed by atoms with E-state index in [1.807, 2.05) is 19.1 Å². The zero-order valence-corrected chi connectivity index (χ0v) is 14.9. The van der Waals surface area contributed by atoms with Gasteiger partial charge in [0.05, 0.1) is 11.2 Å². The van der Waals surface area contributed by atoms with Gasteiger partial charge in [-0.2, -0.15) is 18.3 Å². The summed E-state index contributed by atoms with van der Waals surface area (Å²) in [4.78, 5) is 4.42. The van der Waals surface area contributed by atoms with Gasteiger partial charge in [-0.1, -0.05) is 29.8 Å². The van der Waals surface area contributed by atoms with Gasteiger partial charge < -0.3 is 4.74 Å². The average Bonchev–Trinajstić information content (AvgIpc) is 2.93. The first-order chi connectivity index (χ1) is 11.5. The molecule has 1 aromatic heterocycles. The number of hydrogen-bond donors (Lipinski definition) is 0. The number of ether oxygens (including phenoxy) is 1. The fourth-order valence-electron chi connectivity index (χ4n) is 2.61. The Morgan fingerprint density at radius 2 is 1.88 bits per heavy atom. The number of rotatable bonds is 1. The Morgan fingerprint density at radius 1 is 1.20 bits per heavy atom. The van der Waals surface area contributed by atoms with Gasteiger partial charge in [-0.05, 0) is 33.3 Å². The fourth-order valence-corrected chi connectivity index (χ4v) is 2.87. The molecule has 0 saturated heterocycles. The van der Waals surface area contributed by atoms with Crippen LogP contribution in [0.15, 0.2) is 29.3 Å². The third-order valence-electron chi connectivity index (χ3n) is 3.80. The Morgan fingerprint density at radius 3 is 2.48 bits per heavy atom. The molecule has 134 valence electrons. The minimum atomic E-state index is -4.56. The normalized spacial score (nSPS) is 17.8. The molecule has 1 unspecified atom stereocenters. The van der Waals surface area contributed by atoms with Crippen LogP contribution in [0.25, 0.3) is 0 Å². The Bertz CT molecular complexity index is 850. The number of nitrogens with zero attached hydrogens (tertiary/aromatic N) is 3. The molecule has 8 heteroatoms. The van der Waals surface area contributed by atoms with Crippen LogP contribution < -0.4 is 0 Å². The smallest absolute Gasteiger partial charge is 0.435 e. The largest absolute Gasteiger partial charge is 0.452 e. The average molecular weight is 372 g/mol. The first-order valence-corrected chi connectivity index (χ1v) is 8.09. The highest BCUT2D eigenvalue weighted by atomic mass is 35.5. The monoisotopic (exact) mass is 371 g/mol. The van der Waals surface area contributed by atoms with E-state index in [0.717, 1.165) is 11.6 Å². The summed E-state index contributed by atoms with van der Waals surface area (Å²) in [6.45, 7) is 7.12. The molecule has 3 rings (SSSR count). The standard InChI is InChI=1S/C17H17ClF3N3O/c1-9-6-5-7-10-13(9)22-15(25-14(10)18)11-8-12(17(19,20)21)23-24(11)16(2,3)4/h5-8,14H,1-4H3. The van der Waals surface area contributed by atoms with Gasteiger partial charge in [-0.15, -0.1) is 0 Å². The van der Waals surface area contributed by atoms with E-state index in [-0.39, 0.29) is 11.6 Å². The maximum absolute atomic E-state index is 13.1. The number of alkyl halides is 4. The van der Waals surface area contributed by atoms with E-state index < -0.39 is 23.0 Å². The predicted octanol–water partition coefficient (Wildman–Crippen LogP) is 5.31. The fraction of sp³-hybridized carbons (Fsp3) is 0.412. The van der Waals surface area contributed by atoms with E-state index >= 15 is 0 Å². The van der Waals surface area contributed by atoms with E-state index in [1.165, 1.54) is 4.68 Å². The molecule has 0 amide bonds. The van der Waals surface area contributed by atoms with Crippen molar-refractivity contribution in [2.75, 3.05) is 0 Å². The SMILES string of the molecule is Cc1cccc2c1N=C(c1cc(C(F)(F)F)nn1C(C)(C)C)OC2Cl. The van der Waals surface area contributed by atoms with Crippen molar-refractivity contribution in [3.8, 4) is 0 Å². The van der Waals surface area contributed by atoms with Crippen LogP contribution in [0.3, 0.4) is 0 Å². The van der Waals surface area contributed by atoms with Crippen LogP contribution in [0.1, 0.15) is 48.8 Å². The van der Waals surface area contributed by atoms with Crippen LogP contribution in [-0.4, -0.2) is 15.7 Å². The molecule has 1 aliphatic rings. The second-order valence-corrected chi connectivity index (χ2v) is 7.26. The van der Waals surface area contributed by atoms with Crippen molar-refractivity contribution in [1.29, 1.82) is 0 Å². The maximum Gasteiger partial charge on any atom is 0.435 e. The second-order valence-electron chi connectivity index (χ2n) is 6.86. The van der Waals surface area contributed by atoms with E-state index in [0.29, 0.717) is 11.3 Å². The number of aromatic nitrogens is 2. The van der Waals surface area contributed by atoms with E-state index in [9.17, 15) is 13.2 Å². The number of aliphatic imine (C=N–C) groups is 1. The molecule has 1 aliphatic heterocycles. The molecule has 1 aromatic carbocycles. The topological polar surface area (TPSA) is 39.4 Å². The van der Waals surface area contributed by atoms with Gasteiger partial charge in [-0.25, -0.2) is 4.99 Å². The predicted molar refractivity (Wildman–Crippen MR) is 89.3 cm³/mol. The number of hydrogen-bond acceptors (Lipinski definition) is 3. The third-order valence-corrected chi connectivity index (χ3v) is 4.12. The molecule has 2 aromatic rings. The van der Waals surface area contributed by atoms with Crippen LogP contribution in [0.5, 0.6) is 0 Å². The highest BCUT2D eigenvalue weighted by molar-refractivity contribution is 6.21. The molecular formula is C17H17ClF3N3O. The van der Waals surface area contributed by atoms with Crippen molar-refractivity contribution in [3.05, 3.63) is 46.8 Å². The van der Waals surface area contributed by atoms with Gasteiger partial charge in [0, 0.05) is 11.6 Å². The molecule has 0 aliphatic carbocycles.